The minimum atomic E-state index is -0.246. The van der Waals surface area contributed by atoms with E-state index in [4.69, 9.17) is 0 Å². The number of nitrogens with one attached hydrogen (secondary N) is 2. The number of rotatable bonds is 1. The van der Waals surface area contributed by atoms with Crippen LogP contribution in [0.3, 0.4) is 0 Å². The molecule has 0 unspecified atom stereocenters. The van der Waals surface area contributed by atoms with Crippen molar-refractivity contribution in [3.63, 3.8) is 0 Å². The normalized spacial score (nSPS) is 21.2. The molecule has 2 aromatic rings. The lowest BCUT2D eigenvalue weighted by molar-refractivity contribution is 0.0934. The van der Waals surface area contributed by atoms with Gasteiger partial charge in [-0.05, 0) is 31.2 Å². The van der Waals surface area contributed by atoms with Crippen molar-refractivity contribution in [1.82, 2.24) is 15.2 Å². The second kappa shape index (κ2) is 4.82. The zero-order valence-corrected chi connectivity index (χ0v) is 12.5. The number of pyridine rings is 1. The number of nitrogens with zero attached hydrogens (tertiary/aromatic N) is 2. The fraction of sp³-hybridized carbons (Fsp3) is 0.333. The summed E-state index contributed by atoms with van der Waals surface area (Å²) in [7, 11) is 2.12. The lowest BCUT2D eigenvalue weighted by Crippen LogP contribution is -2.39. The molecular formula is C15H16N4OS. The molecule has 0 spiro atoms. The highest BCUT2D eigenvalue weighted by Gasteiger charge is 2.33. The minimum Gasteiger partial charge on any atom is -0.351 e. The zero-order valence-electron chi connectivity index (χ0n) is 11.7. The number of likely N-dealkylation sites (N-methyl/N-ethyl adjacent to an activating group) is 1. The first-order valence-electron chi connectivity index (χ1n) is 7.04. The van der Waals surface area contributed by atoms with Gasteiger partial charge in [-0.1, -0.05) is 6.07 Å². The van der Waals surface area contributed by atoms with E-state index < -0.39 is 0 Å². The summed E-state index contributed by atoms with van der Waals surface area (Å²) in [4.78, 5) is 20.4. The molecule has 5 nitrogen and oxygen atoms in total. The number of carbonyl (C=O) groups is 1. The summed E-state index contributed by atoms with van der Waals surface area (Å²) in [6, 6.07) is 5.73. The van der Waals surface area contributed by atoms with Crippen molar-refractivity contribution in [2.45, 2.75) is 19.1 Å². The van der Waals surface area contributed by atoms with Crippen LogP contribution in [-0.2, 0) is 13.0 Å². The van der Waals surface area contributed by atoms with Crippen molar-refractivity contribution < 1.29 is 4.79 Å². The second-order valence-electron chi connectivity index (χ2n) is 5.50. The SMILES string of the molecule is CN1CCc2c(sc3c2C(=O)N[C@@H](c2ccccn2)N3)C1. The third-order valence-corrected chi connectivity index (χ3v) is 5.16. The van der Waals surface area contributed by atoms with Gasteiger partial charge in [-0.3, -0.25) is 9.78 Å². The van der Waals surface area contributed by atoms with Crippen LogP contribution in [0.25, 0.3) is 0 Å². The first kappa shape index (κ1) is 12.8. The average Bonchev–Trinajstić information content (AvgIpc) is 2.85. The smallest absolute Gasteiger partial charge is 0.256 e. The molecule has 0 radical (unpaired) electrons. The maximum atomic E-state index is 12.5. The third kappa shape index (κ3) is 2.11. The fourth-order valence-corrected chi connectivity index (χ4v) is 4.29. The lowest BCUT2D eigenvalue weighted by atomic mass is 10.0. The molecule has 0 saturated carbocycles. The molecule has 108 valence electrons. The van der Waals surface area contributed by atoms with Crippen molar-refractivity contribution in [3.8, 4) is 0 Å². The number of fused-ring (bicyclic) bond motifs is 3. The maximum absolute atomic E-state index is 12.5. The highest BCUT2D eigenvalue weighted by Crippen LogP contribution is 2.40. The molecule has 4 rings (SSSR count). The molecule has 1 atom stereocenters. The maximum Gasteiger partial charge on any atom is 0.256 e. The van der Waals surface area contributed by atoms with Crippen LogP contribution < -0.4 is 10.6 Å². The van der Waals surface area contributed by atoms with E-state index in [9.17, 15) is 4.79 Å². The van der Waals surface area contributed by atoms with Crippen LogP contribution in [0, 0.1) is 0 Å². The van der Waals surface area contributed by atoms with Gasteiger partial charge >= 0.3 is 0 Å². The molecule has 6 heteroatoms. The fourth-order valence-electron chi connectivity index (χ4n) is 2.94. The van der Waals surface area contributed by atoms with Gasteiger partial charge in [-0.25, -0.2) is 0 Å². The van der Waals surface area contributed by atoms with E-state index in [1.54, 1.807) is 17.5 Å². The lowest BCUT2D eigenvalue weighted by Gasteiger charge is -2.26. The molecule has 2 aliphatic heterocycles. The zero-order chi connectivity index (χ0) is 14.4. The number of amides is 1. The number of anilines is 1. The van der Waals surface area contributed by atoms with E-state index in [2.05, 4.69) is 27.6 Å². The Kier molecular flexibility index (Phi) is 2.94. The first-order chi connectivity index (χ1) is 10.2. The van der Waals surface area contributed by atoms with Crippen molar-refractivity contribution in [1.29, 1.82) is 0 Å². The highest BCUT2D eigenvalue weighted by molar-refractivity contribution is 7.16. The summed E-state index contributed by atoms with van der Waals surface area (Å²) < 4.78 is 0. The van der Waals surface area contributed by atoms with Crippen molar-refractivity contribution in [2.24, 2.45) is 0 Å². The van der Waals surface area contributed by atoms with Crippen LogP contribution in [0.5, 0.6) is 0 Å². The Balaban J connectivity index is 1.71. The molecule has 2 aliphatic rings. The standard InChI is InChI=1S/C15H16N4OS/c1-19-7-5-9-11(8-19)21-15-12(9)14(20)17-13(18-15)10-4-2-3-6-16-10/h2-4,6,13,18H,5,7-8H2,1H3,(H,17,20)/t13-/m1/s1. The Labute approximate surface area is 127 Å². The predicted molar refractivity (Wildman–Crippen MR) is 82.4 cm³/mol. The van der Waals surface area contributed by atoms with Crippen molar-refractivity contribution >= 4 is 22.2 Å². The Morgan fingerprint density at radius 3 is 3.10 bits per heavy atom. The van der Waals surface area contributed by atoms with Crippen LogP contribution in [0.1, 0.15) is 32.7 Å². The van der Waals surface area contributed by atoms with E-state index in [0.29, 0.717) is 0 Å². The van der Waals surface area contributed by atoms with E-state index >= 15 is 0 Å². The molecule has 1 amide bonds. The second-order valence-corrected chi connectivity index (χ2v) is 6.61. The molecule has 0 fully saturated rings. The largest absolute Gasteiger partial charge is 0.351 e. The van der Waals surface area contributed by atoms with Crippen LogP contribution in [0.2, 0.25) is 0 Å². The molecule has 2 N–H and O–H groups in total. The first-order valence-corrected chi connectivity index (χ1v) is 7.85. The molecular weight excluding hydrogens is 284 g/mol. The Morgan fingerprint density at radius 1 is 1.38 bits per heavy atom. The summed E-state index contributed by atoms with van der Waals surface area (Å²) >= 11 is 1.70. The van der Waals surface area contributed by atoms with Gasteiger partial charge in [0.1, 0.15) is 11.2 Å². The third-order valence-electron chi connectivity index (χ3n) is 4.01. The molecule has 21 heavy (non-hydrogen) atoms. The van der Waals surface area contributed by atoms with Crippen LogP contribution in [-0.4, -0.2) is 29.4 Å². The summed E-state index contributed by atoms with van der Waals surface area (Å²) in [6.45, 7) is 1.93. The van der Waals surface area contributed by atoms with Crippen LogP contribution in [0.15, 0.2) is 24.4 Å². The number of thiophene rings is 1. The number of aromatic nitrogens is 1. The molecule has 0 saturated heterocycles. The molecule has 0 bridgehead atoms. The van der Waals surface area contributed by atoms with Gasteiger partial charge in [0, 0.05) is 24.2 Å². The summed E-state index contributed by atoms with van der Waals surface area (Å²) in [5.74, 6) is 0.0152. The molecule has 0 aliphatic carbocycles. The van der Waals surface area contributed by atoms with E-state index in [1.165, 1.54) is 10.4 Å². The average molecular weight is 300 g/mol. The summed E-state index contributed by atoms with van der Waals surface area (Å²) in [6.07, 6.45) is 2.44. The Hall–Kier alpha value is -1.92. The molecule has 4 heterocycles. The highest BCUT2D eigenvalue weighted by atomic mass is 32.1. The van der Waals surface area contributed by atoms with Gasteiger partial charge in [-0.15, -0.1) is 11.3 Å². The van der Waals surface area contributed by atoms with Gasteiger partial charge in [0.15, 0.2) is 0 Å². The number of hydrogen-bond acceptors (Lipinski definition) is 5. The van der Waals surface area contributed by atoms with Gasteiger partial charge in [0.05, 0.1) is 11.3 Å². The van der Waals surface area contributed by atoms with E-state index in [1.807, 2.05) is 18.2 Å². The Morgan fingerprint density at radius 2 is 2.29 bits per heavy atom. The van der Waals surface area contributed by atoms with E-state index in [0.717, 1.165) is 35.8 Å². The van der Waals surface area contributed by atoms with Crippen molar-refractivity contribution in [3.05, 3.63) is 46.1 Å². The summed E-state index contributed by atoms with van der Waals surface area (Å²) in [5.41, 5.74) is 2.90. The van der Waals surface area contributed by atoms with Crippen molar-refractivity contribution in [2.75, 3.05) is 18.9 Å². The topological polar surface area (TPSA) is 57.3 Å². The molecule has 2 aromatic heterocycles. The van der Waals surface area contributed by atoms with Crippen LogP contribution in [0.4, 0.5) is 5.00 Å². The van der Waals surface area contributed by atoms with Gasteiger partial charge in [0.2, 0.25) is 0 Å². The van der Waals surface area contributed by atoms with Gasteiger partial charge < -0.3 is 15.5 Å². The van der Waals surface area contributed by atoms with Gasteiger partial charge in [-0.2, -0.15) is 0 Å². The van der Waals surface area contributed by atoms with Crippen LogP contribution >= 0.6 is 11.3 Å². The van der Waals surface area contributed by atoms with E-state index in [-0.39, 0.29) is 12.1 Å². The molecule has 0 aromatic carbocycles. The monoisotopic (exact) mass is 300 g/mol. The number of carbonyl (C=O) groups excluding carboxylic acids is 1. The predicted octanol–water partition coefficient (Wildman–Crippen LogP) is 1.99. The quantitative estimate of drug-likeness (QED) is 0.845. The summed E-state index contributed by atoms with van der Waals surface area (Å²) in [5, 5.41) is 7.42. The number of hydrogen-bond donors (Lipinski definition) is 2. The minimum absolute atomic E-state index is 0.0152. The Bertz CT molecular complexity index is 697. The van der Waals surface area contributed by atoms with Gasteiger partial charge in [0.25, 0.3) is 5.91 Å².